The van der Waals surface area contributed by atoms with E-state index in [9.17, 15) is 0 Å². The Morgan fingerprint density at radius 3 is 2.53 bits per heavy atom. The van der Waals surface area contributed by atoms with Crippen molar-refractivity contribution in [1.82, 2.24) is 9.97 Å². The Morgan fingerprint density at radius 1 is 1.13 bits per heavy atom. The van der Waals surface area contributed by atoms with Gasteiger partial charge in [-0.2, -0.15) is 0 Å². The molecular weight excluding hydrogens is 186 g/mol. The molecule has 0 saturated heterocycles. The predicted molar refractivity (Wildman–Crippen MR) is 62.7 cm³/mol. The van der Waals surface area contributed by atoms with E-state index in [0.717, 1.165) is 10.9 Å². The highest BCUT2D eigenvalue weighted by Gasteiger charge is 2.14. The van der Waals surface area contributed by atoms with Gasteiger partial charge in [-0.05, 0) is 23.1 Å². The van der Waals surface area contributed by atoms with E-state index in [-0.39, 0.29) is 5.41 Å². The number of nitrogen functional groups attached to an aromatic ring is 1. The SMILES string of the molecule is CC(C)(C)c1ccc2c(N)ncnc2c1. The lowest BCUT2D eigenvalue weighted by Crippen LogP contribution is -2.10. The van der Waals surface area contributed by atoms with Crippen molar-refractivity contribution >= 4 is 16.7 Å². The molecule has 0 unspecified atom stereocenters. The van der Waals surface area contributed by atoms with Crippen LogP contribution in [0.1, 0.15) is 26.3 Å². The van der Waals surface area contributed by atoms with Crippen LogP contribution < -0.4 is 5.73 Å². The molecule has 0 aliphatic rings. The number of benzene rings is 1. The molecule has 0 spiro atoms. The summed E-state index contributed by atoms with van der Waals surface area (Å²) in [6, 6.07) is 6.15. The van der Waals surface area contributed by atoms with Gasteiger partial charge < -0.3 is 5.73 Å². The summed E-state index contributed by atoms with van der Waals surface area (Å²) in [5.74, 6) is 0.542. The summed E-state index contributed by atoms with van der Waals surface area (Å²) in [4.78, 5) is 8.19. The van der Waals surface area contributed by atoms with Crippen molar-refractivity contribution in [2.75, 3.05) is 5.73 Å². The van der Waals surface area contributed by atoms with E-state index in [4.69, 9.17) is 5.73 Å². The van der Waals surface area contributed by atoms with Gasteiger partial charge in [-0.1, -0.05) is 26.8 Å². The highest BCUT2D eigenvalue weighted by molar-refractivity contribution is 5.88. The maximum absolute atomic E-state index is 5.76. The molecule has 0 aliphatic heterocycles. The first-order chi connectivity index (χ1) is 6.98. The third-order valence-electron chi connectivity index (χ3n) is 2.53. The molecule has 2 rings (SSSR count). The molecule has 0 bridgehead atoms. The quantitative estimate of drug-likeness (QED) is 0.712. The Bertz CT molecular complexity index is 498. The van der Waals surface area contributed by atoms with Crippen LogP contribution >= 0.6 is 0 Å². The van der Waals surface area contributed by atoms with Crippen LogP contribution in [0.15, 0.2) is 24.5 Å². The van der Waals surface area contributed by atoms with Gasteiger partial charge in [0.1, 0.15) is 12.1 Å². The number of aromatic nitrogens is 2. The third-order valence-corrected chi connectivity index (χ3v) is 2.53. The van der Waals surface area contributed by atoms with E-state index in [0.29, 0.717) is 5.82 Å². The average molecular weight is 201 g/mol. The molecule has 0 saturated carbocycles. The van der Waals surface area contributed by atoms with Gasteiger partial charge in [-0.3, -0.25) is 0 Å². The van der Waals surface area contributed by atoms with Crippen molar-refractivity contribution in [3.63, 3.8) is 0 Å². The lowest BCUT2D eigenvalue weighted by Gasteiger charge is -2.19. The van der Waals surface area contributed by atoms with Crippen LogP contribution in [0.5, 0.6) is 0 Å². The molecule has 0 fully saturated rings. The Morgan fingerprint density at radius 2 is 1.87 bits per heavy atom. The van der Waals surface area contributed by atoms with Crippen molar-refractivity contribution in [2.45, 2.75) is 26.2 Å². The van der Waals surface area contributed by atoms with Gasteiger partial charge in [-0.15, -0.1) is 0 Å². The van der Waals surface area contributed by atoms with Crippen LogP contribution in [0, 0.1) is 0 Å². The molecule has 1 heterocycles. The van der Waals surface area contributed by atoms with Gasteiger partial charge in [0.15, 0.2) is 0 Å². The Labute approximate surface area is 89.4 Å². The summed E-state index contributed by atoms with van der Waals surface area (Å²) in [6.07, 6.45) is 1.50. The predicted octanol–water partition coefficient (Wildman–Crippen LogP) is 2.51. The summed E-state index contributed by atoms with van der Waals surface area (Å²) in [6.45, 7) is 6.54. The first kappa shape index (κ1) is 9.90. The maximum atomic E-state index is 5.76. The zero-order valence-electron chi connectivity index (χ0n) is 9.28. The number of hydrogen-bond donors (Lipinski definition) is 1. The number of fused-ring (bicyclic) bond motifs is 1. The molecular formula is C12H15N3. The van der Waals surface area contributed by atoms with Crippen molar-refractivity contribution in [2.24, 2.45) is 0 Å². The van der Waals surface area contributed by atoms with Crippen molar-refractivity contribution in [1.29, 1.82) is 0 Å². The number of nitrogens with zero attached hydrogens (tertiary/aromatic N) is 2. The van der Waals surface area contributed by atoms with Crippen LogP contribution in [-0.2, 0) is 5.41 Å². The van der Waals surface area contributed by atoms with E-state index in [1.807, 2.05) is 6.07 Å². The standard InChI is InChI=1S/C12H15N3/c1-12(2,3)8-4-5-9-10(6-8)14-7-15-11(9)13/h4-7H,1-3H3,(H2,13,14,15). The molecule has 3 nitrogen and oxygen atoms in total. The average Bonchev–Trinajstić information content (AvgIpc) is 2.16. The van der Waals surface area contributed by atoms with Crippen molar-refractivity contribution in [3.8, 4) is 0 Å². The molecule has 2 N–H and O–H groups in total. The van der Waals surface area contributed by atoms with Gasteiger partial charge in [0, 0.05) is 5.39 Å². The van der Waals surface area contributed by atoms with E-state index < -0.39 is 0 Å². The van der Waals surface area contributed by atoms with Crippen LogP contribution in [0.2, 0.25) is 0 Å². The molecule has 0 atom stereocenters. The Kier molecular flexibility index (Phi) is 2.11. The number of hydrogen-bond acceptors (Lipinski definition) is 3. The van der Waals surface area contributed by atoms with Crippen LogP contribution in [0.25, 0.3) is 10.9 Å². The summed E-state index contributed by atoms with van der Waals surface area (Å²) in [7, 11) is 0. The monoisotopic (exact) mass is 201 g/mol. The molecule has 1 aromatic carbocycles. The first-order valence-corrected chi connectivity index (χ1v) is 4.99. The second-order valence-corrected chi connectivity index (χ2v) is 4.74. The van der Waals surface area contributed by atoms with Gasteiger partial charge in [0.05, 0.1) is 5.52 Å². The first-order valence-electron chi connectivity index (χ1n) is 4.99. The molecule has 1 aromatic heterocycles. The fourth-order valence-corrected chi connectivity index (χ4v) is 1.54. The molecule has 2 aromatic rings. The number of rotatable bonds is 0. The largest absolute Gasteiger partial charge is 0.383 e. The second-order valence-electron chi connectivity index (χ2n) is 4.74. The van der Waals surface area contributed by atoms with Gasteiger partial charge in [0.25, 0.3) is 0 Å². The normalized spacial score (nSPS) is 11.9. The molecule has 3 heteroatoms. The lowest BCUT2D eigenvalue weighted by molar-refractivity contribution is 0.591. The van der Waals surface area contributed by atoms with Crippen LogP contribution in [0.3, 0.4) is 0 Å². The van der Waals surface area contributed by atoms with E-state index in [1.54, 1.807) is 0 Å². The molecule has 0 radical (unpaired) electrons. The van der Waals surface area contributed by atoms with E-state index in [1.165, 1.54) is 11.9 Å². The number of nitrogens with two attached hydrogens (primary N) is 1. The van der Waals surface area contributed by atoms with Gasteiger partial charge >= 0.3 is 0 Å². The van der Waals surface area contributed by atoms with Crippen LogP contribution in [-0.4, -0.2) is 9.97 Å². The Balaban J connectivity index is 2.68. The minimum Gasteiger partial charge on any atom is -0.383 e. The summed E-state index contributed by atoms with van der Waals surface area (Å²) in [5.41, 5.74) is 8.07. The zero-order chi connectivity index (χ0) is 11.1. The molecule has 15 heavy (non-hydrogen) atoms. The van der Waals surface area contributed by atoms with Crippen molar-refractivity contribution < 1.29 is 0 Å². The van der Waals surface area contributed by atoms with Crippen LogP contribution in [0.4, 0.5) is 5.82 Å². The van der Waals surface area contributed by atoms with Gasteiger partial charge in [0.2, 0.25) is 0 Å². The summed E-state index contributed by atoms with van der Waals surface area (Å²) >= 11 is 0. The zero-order valence-corrected chi connectivity index (χ0v) is 9.28. The van der Waals surface area contributed by atoms with E-state index in [2.05, 4.69) is 42.9 Å². The maximum Gasteiger partial charge on any atom is 0.134 e. The molecule has 78 valence electrons. The highest BCUT2D eigenvalue weighted by Crippen LogP contribution is 2.26. The highest BCUT2D eigenvalue weighted by atomic mass is 14.9. The van der Waals surface area contributed by atoms with E-state index >= 15 is 0 Å². The Hall–Kier alpha value is -1.64. The smallest absolute Gasteiger partial charge is 0.134 e. The summed E-state index contributed by atoms with van der Waals surface area (Å²) in [5, 5.41) is 0.922. The topological polar surface area (TPSA) is 51.8 Å². The third kappa shape index (κ3) is 1.77. The minimum atomic E-state index is 0.133. The fourth-order valence-electron chi connectivity index (χ4n) is 1.54. The summed E-state index contributed by atoms with van der Waals surface area (Å²) < 4.78 is 0. The fraction of sp³-hybridized carbons (Fsp3) is 0.333. The van der Waals surface area contributed by atoms with Gasteiger partial charge in [-0.25, -0.2) is 9.97 Å². The molecule has 0 amide bonds. The lowest BCUT2D eigenvalue weighted by atomic mass is 9.86. The van der Waals surface area contributed by atoms with Crippen molar-refractivity contribution in [3.05, 3.63) is 30.1 Å². The number of anilines is 1. The second kappa shape index (κ2) is 3.19. The minimum absolute atomic E-state index is 0.133. The molecule has 0 aliphatic carbocycles.